The van der Waals surface area contributed by atoms with Crippen molar-refractivity contribution in [2.45, 2.75) is 13.0 Å². The molecule has 1 aliphatic rings. The molecule has 162 valence electrons. The molecule has 0 saturated heterocycles. The zero-order chi connectivity index (χ0) is 21.7. The Bertz CT molecular complexity index is 993. The number of nitrogens with zero attached hydrogens (tertiary/aromatic N) is 1. The Balaban J connectivity index is 1.59. The number of carbonyl (C=O) groups excluding carboxylic acids is 1. The molecule has 0 aliphatic carbocycles. The predicted octanol–water partition coefficient (Wildman–Crippen LogP) is 1.77. The predicted molar refractivity (Wildman–Crippen MR) is 111 cm³/mol. The molecule has 0 bridgehead atoms. The molecular weight excluding hydrogens is 412 g/mol. The van der Waals surface area contributed by atoms with Gasteiger partial charge in [-0.1, -0.05) is 0 Å². The molecule has 0 spiro atoms. The van der Waals surface area contributed by atoms with Gasteiger partial charge in [-0.2, -0.15) is 0 Å². The molecular formula is C20H24N2O7S. The molecule has 2 aromatic rings. The van der Waals surface area contributed by atoms with Crippen LogP contribution in [-0.4, -0.2) is 53.7 Å². The third-order valence-electron chi connectivity index (χ3n) is 4.30. The Morgan fingerprint density at radius 2 is 1.80 bits per heavy atom. The van der Waals surface area contributed by atoms with Crippen molar-refractivity contribution in [2.24, 2.45) is 0 Å². The van der Waals surface area contributed by atoms with Crippen molar-refractivity contribution in [3.8, 4) is 23.0 Å². The maximum atomic E-state index is 12.5. The molecule has 0 fully saturated rings. The van der Waals surface area contributed by atoms with Crippen molar-refractivity contribution in [1.29, 1.82) is 0 Å². The van der Waals surface area contributed by atoms with Crippen LogP contribution >= 0.6 is 0 Å². The highest BCUT2D eigenvalue weighted by molar-refractivity contribution is 7.92. The molecule has 1 amide bonds. The lowest BCUT2D eigenvalue weighted by atomic mass is 10.2. The second-order valence-corrected chi connectivity index (χ2v) is 8.67. The summed E-state index contributed by atoms with van der Waals surface area (Å²) in [6.45, 7) is 1.70. The standard InChI is InChI=1S/C20H24N2O7S/c1-14(12-27-17-7-5-16(26-2)6-8-17)21-20(23)11-22(30(3,24)25)15-4-9-18-19(10-15)29-13-28-18/h4-10,14H,11-13H2,1-3H3,(H,21,23)/t14-/m1/s1. The van der Waals surface area contributed by atoms with Crippen LogP contribution in [0.1, 0.15) is 6.92 Å². The van der Waals surface area contributed by atoms with E-state index in [2.05, 4.69) is 5.32 Å². The Labute approximate surface area is 175 Å². The van der Waals surface area contributed by atoms with E-state index < -0.39 is 15.9 Å². The average molecular weight is 436 g/mol. The van der Waals surface area contributed by atoms with Gasteiger partial charge in [-0.15, -0.1) is 0 Å². The number of hydrogen-bond acceptors (Lipinski definition) is 7. The van der Waals surface area contributed by atoms with Crippen LogP contribution < -0.4 is 28.6 Å². The van der Waals surface area contributed by atoms with Gasteiger partial charge in [0.1, 0.15) is 24.7 Å². The molecule has 1 heterocycles. The van der Waals surface area contributed by atoms with E-state index in [1.54, 1.807) is 50.4 Å². The molecule has 10 heteroatoms. The van der Waals surface area contributed by atoms with E-state index in [0.29, 0.717) is 28.7 Å². The highest BCUT2D eigenvalue weighted by atomic mass is 32.2. The van der Waals surface area contributed by atoms with Gasteiger partial charge in [0.25, 0.3) is 0 Å². The zero-order valence-corrected chi connectivity index (χ0v) is 17.8. The van der Waals surface area contributed by atoms with E-state index in [-0.39, 0.29) is 26.0 Å². The number of ether oxygens (including phenoxy) is 4. The van der Waals surface area contributed by atoms with Crippen LogP contribution in [0.4, 0.5) is 5.69 Å². The van der Waals surface area contributed by atoms with E-state index in [0.717, 1.165) is 10.6 Å². The number of anilines is 1. The molecule has 0 saturated carbocycles. The zero-order valence-electron chi connectivity index (χ0n) is 17.0. The number of hydrogen-bond donors (Lipinski definition) is 1. The average Bonchev–Trinajstić information content (AvgIpc) is 3.18. The van der Waals surface area contributed by atoms with Crippen molar-refractivity contribution in [3.63, 3.8) is 0 Å². The van der Waals surface area contributed by atoms with Gasteiger partial charge >= 0.3 is 0 Å². The summed E-state index contributed by atoms with van der Waals surface area (Å²) in [6.07, 6.45) is 1.04. The van der Waals surface area contributed by atoms with Crippen molar-refractivity contribution < 1.29 is 32.2 Å². The van der Waals surface area contributed by atoms with Crippen LogP contribution in [0.2, 0.25) is 0 Å². The Morgan fingerprint density at radius 1 is 1.13 bits per heavy atom. The summed E-state index contributed by atoms with van der Waals surface area (Å²) in [5.74, 6) is 1.86. The van der Waals surface area contributed by atoms with Gasteiger partial charge in [0.05, 0.1) is 25.1 Å². The molecule has 0 aromatic heterocycles. The monoisotopic (exact) mass is 436 g/mol. The summed E-state index contributed by atoms with van der Waals surface area (Å²) in [5.41, 5.74) is 0.319. The number of methoxy groups -OCH3 is 1. The first kappa shape index (κ1) is 21.6. The maximum absolute atomic E-state index is 12.5. The smallest absolute Gasteiger partial charge is 0.241 e. The number of carbonyl (C=O) groups is 1. The van der Waals surface area contributed by atoms with Crippen LogP contribution in [0.5, 0.6) is 23.0 Å². The summed E-state index contributed by atoms with van der Waals surface area (Å²) in [4.78, 5) is 12.5. The maximum Gasteiger partial charge on any atom is 0.241 e. The third-order valence-corrected chi connectivity index (χ3v) is 5.44. The second kappa shape index (κ2) is 9.12. The van der Waals surface area contributed by atoms with Gasteiger partial charge in [-0.05, 0) is 43.3 Å². The van der Waals surface area contributed by atoms with Gasteiger partial charge in [0.2, 0.25) is 22.7 Å². The van der Waals surface area contributed by atoms with E-state index in [9.17, 15) is 13.2 Å². The molecule has 1 aliphatic heterocycles. The minimum atomic E-state index is -3.70. The normalized spacial score (nSPS) is 13.4. The summed E-state index contributed by atoms with van der Waals surface area (Å²) in [5, 5.41) is 2.75. The van der Waals surface area contributed by atoms with Gasteiger partial charge < -0.3 is 24.3 Å². The molecule has 2 aromatic carbocycles. The highest BCUT2D eigenvalue weighted by Crippen LogP contribution is 2.36. The minimum absolute atomic E-state index is 0.0733. The fourth-order valence-electron chi connectivity index (χ4n) is 2.83. The topological polar surface area (TPSA) is 103 Å². The molecule has 1 atom stereocenters. The number of amides is 1. The van der Waals surface area contributed by atoms with Gasteiger partial charge in [-0.25, -0.2) is 8.42 Å². The Kier molecular flexibility index (Phi) is 6.56. The Hall–Kier alpha value is -3.14. The lowest BCUT2D eigenvalue weighted by Gasteiger charge is -2.23. The first-order chi connectivity index (χ1) is 14.3. The largest absolute Gasteiger partial charge is 0.497 e. The van der Waals surface area contributed by atoms with E-state index in [1.807, 2.05) is 0 Å². The van der Waals surface area contributed by atoms with Crippen molar-refractivity contribution in [3.05, 3.63) is 42.5 Å². The Morgan fingerprint density at radius 3 is 2.47 bits per heavy atom. The van der Waals surface area contributed by atoms with Gasteiger partial charge in [0, 0.05) is 6.07 Å². The molecule has 1 N–H and O–H groups in total. The fraction of sp³-hybridized carbons (Fsp3) is 0.350. The summed E-state index contributed by atoms with van der Waals surface area (Å²) in [6, 6.07) is 11.4. The number of sulfonamides is 1. The van der Waals surface area contributed by atoms with E-state index >= 15 is 0 Å². The first-order valence-electron chi connectivity index (χ1n) is 9.20. The highest BCUT2D eigenvalue weighted by Gasteiger charge is 2.24. The van der Waals surface area contributed by atoms with E-state index in [4.69, 9.17) is 18.9 Å². The summed E-state index contributed by atoms with van der Waals surface area (Å²) >= 11 is 0. The lowest BCUT2D eigenvalue weighted by Crippen LogP contribution is -2.44. The van der Waals surface area contributed by atoms with E-state index in [1.165, 1.54) is 6.07 Å². The summed E-state index contributed by atoms with van der Waals surface area (Å²) < 4.78 is 46.8. The number of nitrogens with one attached hydrogen (secondary N) is 1. The van der Waals surface area contributed by atoms with Crippen LogP contribution in [0, 0.1) is 0 Å². The molecule has 30 heavy (non-hydrogen) atoms. The van der Waals surface area contributed by atoms with Gasteiger partial charge in [0.15, 0.2) is 11.5 Å². The third kappa shape index (κ3) is 5.47. The van der Waals surface area contributed by atoms with Crippen molar-refractivity contribution >= 4 is 21.6 Å². The molecule has 9 nitrogen and oxygen atoms in total. The van der Waals surface area contributed by atoms with Crippen molar-refractivity contribution in [2.75, 3.05) is 37.6 Å². The molecule has 3 rings (SSSR count). The van der Waals surface area contributed by atoms with Crippen LogP contribution in [-0.2, 0) is 14.8 Å². The number of benzene rings is 2. The van der Waals surface area contributed by atoms with Crippen LogP contribution in [0.3, 0.4) is 0 Å². The fourth-order valence-corrected chi connectivity index (χ4v) is 3.67. The van der Waals surface area contributed by atoms with Crippen molar-refractivity contribution in [1.82, 2.24) is 5.32 Å². The quantitative estimate of drug-likeness (QED) is 0.639. The molecule has 0 radical (unpaired) electrons. The summed E-state index contributed by atoms with van der Waals surface area (Å²) in [7, 11) is -2.11. The minimum Gasteiger partial charge on any atom is -0.497 e. The molecule has 0 unspecified atom stereocenters. The van der Waals surface area contributed by atoms with Gasteiger partial charge in [-0.3, -0.25) is 9.10 Å². The first-order valence-corrected chi connectivity index (χ1v) is 11.0. The second-order valence-electron chi connectivity index (χ2n) is 6.76. The SMILES string of the molecule is COc1ccc(OC[C@@H](C)NC(=O)CN(c2ccc3c(c2)OCO3)S(C)(=O)=O)cc1. The number of rotatable bonds is 9. The van der Waals surface area contributed by atoms with Crippen LogP contribution in [0.25, 0.3) is 0 Å². The lowest BCUT2D eigenvalue weighted by molar-refractivity contribution is -0.120. The number of fused-ring (bicyclic) bond motifs is 1. The van der Waals surface area contributed by atoms with Crippen LogP contribution in [0.15, 0.2) is 42.5 Å².